The Hall–Kier alpha value is -0.950. The summed E-state index contributed by atoms with van der Waals surface area (Å²) >= 11 is 0. The smallest absolute Gasteiger partial charge is 0.138 e. The van der Waals surface area contributed by atoms with E-state index in [1.165, 1.54) is 0 Å². The predicted octanol–water partition coefficient (Wildman–Crippen LogP) is 0.138. The van der Waals surface area contributed by atoms with Crippen LogP contribution >= 0.6 is 0 Å². The first-order valence-corrected chi connectivity index (χ1v) is 6.54. The Kier molecular flexibility index (Phi) is 4.57. The van der Waals surface area contributed by atoms with Crippen LogP contribution in [0.5, 0.6) is 0 Å². The van der Waals surface area contributed by atoms with Crippen molar-refractivity contribution in [3.8, 4) is 0 Å². The third kappa shape index (κ3) is 2.97. The van der Waals surface area contributed by atoms with E-state index in [4.69, 9.17) is 9.26 Å². The van der Waals surface area contributed by atoms with Gasteiger partial charge in [0.1, 0.15) is 5.76 Å². The van der Waals surface area contributed by atoms with Crippen LogP contribution in [0.15, 0.2) is 4.52 Å². The fourth-order valence-electron chi connectivity index (χ4n) is 2.69. The zero-order valence-corrected chi connectivity index (χ0v) is 11.6. The zero-order chi connectivity index (χ0) is 14.0. The highest BCUT2D eigenvalue weighted by Crippen LogP contribution is 2.27. The Morgan fingerprint density at radius 2 is 2.11 bits per heavy atom. The number of ether oxygens (including phenoxy) is 1. The van der Waals surface area contributed by atoms with Crippen LogP contribution in [-0.2, 0) is 11.3 Å². The summed E-state index contributed by atoms with van der Waals surface area (Å²) in [5.74, 6) is 0.758. The van der Waals surface area contributed by atoms with E-state index in [-0.39, 0.29) is 12.0 Å². The van der Waals surface area contributed by atoms with E-state index >= 15 is 0 Å². The highest BCUT2D eigenvalue weighted by molar-refractivity contribution is 5.20. The second kappa shape index (κ2) is 6.00. The number of nitrogens with zero attached hydrogens (tertiary/aromatic N) is 1. The molecule has 2 rings (SSSR count). The molecule has 1 aromatic rings. The van der Waals surface area contributed by atoms with Gasteiger partial charge in [0, 0.05) is 31.2 Å². The minimum absolute atomic E-state index is 0.0258. The molecule has 0 unspecified atom stereocenters. The number of hydrogen-bond donors (Lipinski definition) is 3. The first kappa shape index (κ1) is 14.5. The van der Waals surface area contributed by atoms with Crippen LogP contribution in [0, 0.1) is 19.8 Å². The van der Waals surface area contributed by atoms with Crippen molar-refractivity contribution in [3.63, 3.8) is 0 Å². The molecule has 0 spiro atoms. The first-order valence-electron chi connectivity index (χ1n) is 6.54. The highest BCUT2D eigenvalue weighted by atomic mass is 16.5. The van der Waals surface area contributed by atoms with Crippen molar-refractivity contribution in [1.82, 2.24) is 10.5 Å². The molecule has 1 saturated carbocycles. The maximum absolute atomic E-state index is 10.0. The highest BCUT2D eigenvalue weighted by Gasteiger charge is 2.41. The van der Waals surface area contributed by atoms with Gasteiger partial charge in [-0.15, -0.1) is 0 Å². The van der Waals surface area contributed by atoms with Gasteiger partial charge in [-0.2, -0.15) is 0 Å². The fourth-order valence-corrected chi connectivity index (χ4v) is 2.69. The van der Waals surface area contributed by atoms with Gasteiger partial charge in [-0.25, -0.2) is 0 Å². The summed E-state index contributed by atoms with van der Waals surface area (Å²) in [7, 11) is 1.60. The average Bonchev–Trinajstić information content (AvgIpc) is 2.83. The maximum atomic E-state index is 10.0. The third-order valence-corrected chi connectivity index (χ3v) is 3.90. The van der Waals surface area contributed by atoms with Gasteiger partial charge < -0.3 is 24.8 Å². The molecule has 108 valence electrons. The van der Waals surface area contributed by atoms with Crippen LogP contribution in [0.2, 0.25) is 0 Å². The molecule has 6 nitrogen and oxygen atoms in total. The van der Waals surface area contributed by atoms with E-state index in [1.807, 2.05) is 13.8 Å². The number of aliphatic hydroxyl groups excluding tert-OH is 2. The number of methoxy groups -OCH3 is 1. The summed E-state index contributed by atoms with van der Waals surface area (Å²) in [6, 6.07) is -0.135. The molecule has 0 radical (unpaired) electrons. The van der Waals surface area contributed by atoms with Crippen LogP contribution in [0.3, 0.4) is 0 Å². The molecule has 4 atom stereocenters. The van der Waals surface area contributed by atoms with E-state index in [2.05, 4.69) is 10.5 Å². The van der Waals surface area contributed by atoms with Gasteiger partial charge in [0.05, 0.1) is 24.5 Å². The van der Waals surface area contributed by atoms with Crippen molar-refractivity contribution in [2.45, 2.75) is 45.1 Å². The van der Waals surface area contributed by atoms with Crippen LogP contribution in [0.4, 0.5) is 0 Å². The van der Waals surface area contributed by atoms with Crippen LogP contribution in [-0.4, -0.2) is 47.3 Å². The van der Waals surface area contributed by atoms with E-state index in [0.717, 1.165) is 17.0 Å². The van der Waals surface area contributed by atoms with Crippen molar-refractivity contribution >= 4 is 0 Å². The summed E-state index contributed by atoms with van der Waals surface area (Å²) in [4.78, 5) is 0. The van der Waals surface area contributed by atoms with Gasteiger partial charge in [-0.3, -0.25) is 0 Å². The minimum atomic E-state index is -0.763. The summed E-state index contributed by atoms with van der Waals surface area (Å²) in [5, 5.41) is 27.1. The number of hydrogen-bond acceptors (Lipinski definition) is 6. The molecular weight excluding hydrogens is 248 g/mol. The number of nitrogens with one attached hydrogen (secondary N) is 1. The average molecular weight is 270 g/mol. The topological polar surface area (TPSA) is 87.8 Å². The summed E-state index contributed by atoms with van der Waals surface area (Å²) in [6.45, 7) is 4.79. The van der Waals surface area contributed by atoms with Crippen LogP contribution in [0.1, 0.15) is 23.4 Å². The largest absolute Gasteiger partial charge is 0.390 e. The molecule has 1 heterocycles. The van der Waals surface area contributed by atoms with E-state index in [1.54, 1.807) is 7.11 Å². The van der Waals surface area contributed by atoms with E-state index < -0.39 is 12.2 Å². The van der Waals surface area contributed by atoms with Crippen molar-refractivity contribution in [2.75, 3.05) is 13.7 Å². The van der Waals surface area contributed by atoms with Crippen molar-refractivity contribution in [3.05, 3.63) is 17.0 Å². The number of aryl methyl sites for hydroxylation is 2. The summed E-state index contributed by atoms with van der Waals surface area (Å²) < 4.78 is 10.2. The van der Waals surface area contributed by atoms with Gasteiger partial charge in [-0.1, -0.05) is 5.16 Å². The van der Waals surface area contributed by atoms with Gasteiger partial charge >= 0.3 is 0 Å². The standard InChI is InChI=1S/C13H22N2O4/c1-7-10(8(2)19-15-7)5-14-11-4-9(6-18-3)12(16)13(11)17/h9,11-14,16-17H,4-6H2,1-3H3/t9-,11-,12-,13+/m1/s1. The monoisotopic (exact) mass is 270 g/mol. The molecule has 0 amide bonds. The Balaban J connectivity index is 1.93. The zero-order valence-electron chi connectivity index (χ0n) is 11.6. The summed E-state index contributed by atoms with van der Waals surface area (Å²) in [5.41, 5.74) is 1.86. The number of aliphatic hydroxyl groups is 2. The normalized spacial score (nSPS) is 31.0. The lowest BCUT2D eigenvalue weighted by Gasteiger charge is -2.18. The second-order valence-electron chi connectivity index (χ2n) is 5.22. The summed E-state index contributed by atoms with van der Waals surface area (Å²) in [6.07, 6.45) is -0.803. The van der Waals surface area contributed by atoms with Gasteiger partial charge in [0.25, 0.3) is 0 Å². The van der Waals surface area contributed by atoms with Crippen molar-refractivity contribution < 1.29 is 19.5 Å². The lowest BCUT2D eigenvalue weighted by molar-refractivity contribution is -0.00598. The minimum Gasteiger partial charge on any atom is -0.390 e. The fraction of sp³-hybridized carbons (Fsp3) is 0.769. The van der Waals surface area contributed by atoms with E-state index in [9.17, 15) is 10.2 Å². The quantitative estimate of drug-likeness (QED) is 0.705. The van der Waals surface area contributed by atoms with E-state index in [0.29, 0.717) is 19.6 Å². The number of rotatable bonds is 5. The van der Waals surface area contributed by atoms with Crippen LogP contribution in [0.25, 0.3) is 0 Å². The van der Waals surface area contributed by atoms with Crippen molar-refractivity contribution in [2.24, 2.45) is 5.92 Å². The predicted molar refractivity (Wildman–Crippen MR) is 68.6 cm³/mol. The number of aromatic nitrogens is 1. The Labute approximate surface area is 112 Å². The van der Waals surface area contributed by atoms with Gasteiger partial charge in [0.2, 0.25) is 0 Å². The Morgan fingerprint density at radius 3 is 2.68 bits per heavy atom. The molecule has 3 N–H and O–H groups in total. The molecule has 1 aliphatic rings. The molecule has 1 aromatic heterocycles. The molecule has 6 heteroatoms. The van der Waals surface area contributed by atoms with Gasteiger partial charge in [0.15, 0.2) is 0 Å². The SMILES string of the molecule is COC[C@H]1C[C@@H](NCc2c(C)noc2C)[C@H](O)[C@@H]1O. The lowest BCUT2D eigenvalue weighted by atomic mass is 10.1. The Morgan fingerprint density at radius 1 is 1.37 bits per heavy atom. The van der Waals surface area contributed by atoms with Crippen LogP contribution < -0.4 is 5.32 Å². The molecule has 0 aliphatic heterocycles. The first-order chi connectivity index (χ1) is 9.04. The van der Waals surface area contributed by atoms with Crippen molar-refractivity contribution in [1.29, 1.82) is 0 Å². The third-order valence-electron chi connectivity index (χ3n) is 3.90. The molecule has 1 aliphatic carbocycles. The second-order valence-corrected chi connectivity index (χ2v) is 5.22. The molecule has 19 heavy (non-hydrogen) atoms. The Bertz CT molecular complexity index is 401. The molecule has 1 fully saturated rings. The molecule has 0 bridgehead atoms. The molecule has 0 saturated heterocycles. The lowest BCUT2D eigenvalue weighted by Crippen LogP contribution is -2.39. The molecule has 0 aromatic carbocycles. The molecular formula is C13H22N2O4. The van der Waals surface area contributed by atoms with Gasteiger partial charge in [-0.05, 0) is 20.3 Å². The maximum Gasteiger partial charge on any atom is 0.138 e.